The van der Waals surface area contributed by atoms with E-state index < -0.39 is 6.04 Å². The van der Waals surface area contributed by atoms with Gasteiger partial charge in [-0.15, -0.1) is 0 Å². The maximum absolute atomic E-state index is 14.4. The summed E-state index contributed by atoms with van der Waals surface area (Å²) in [7, 11) is 2.16. The van der Waals surface area contributed by atoms with Crippen molar-refractivity contribution in [3.8, 4) is 17.5 Å². The molecule has 1 aliphatic rings. The van der Waals surface area contributed by atoms with Crippen LogP contribution in [0.5, 0.6) is 0 Å². The molecule has 1 saturated heterocycles. The van der Waals surface area contributed by atoms with Crippen LogP contribution < -0.4 is 10.9 Å². The fraction of sp³-hybridized carbons (Fsp3) is 0.278. The van der Waals surface area contributed by atoms with Crippen LogP contribution in [0.1, 0.15) is 46.0 Å². The molecule has 1 unspecified atom stereocenters. The number of likely N-dealkylation sites (N-methyl/N-ethyl adjacent to an activating group) is 1. The summed E-state index contributed by atoms with van der Waals surface area (Å²) in [6, 6.07) is 15.9. The second-order valence-corrected chi connectivity index (χ2v) is 12.1. The zero-order valence-electron chi connectivity index (χ0n) is 27.2. The molecule has 0 saturated carbocycles. The molecule has 12 heteroatoms. The zero-order valence-corrected chi connectivity index (χ0v) is 27.2. The van der Waals surface area contributed by atoms with Crippen LogP contribution in [0.15, 0.2) is 84.2 Å². The highest BCUT2D eigenvalue weighted by molar-refractivity contribution is 6.01. The number of rotatable bonds is 7. The predicted octanol–water partition coefficient (Wildman–Crippen LogP) is 3.07. The van der Waals surface area contributed by atoms with E-state index in [1.807, 2.05) is 60.3 Å². The summed E-state index contributed by atoms with van der Waals surface area (Å²) in [5.41, 5.74) is 3.56. The molecule has 1 aliphatic heterocycles. The Bertz CT molecular complexity index is 2230. The van der Waals surface area contributed by atoms with Crippen molar-refractivity contribution in [3.05, 3.63) is 118 Å². The summed E-state index contributed by atoms with van der Waals surface area (Å²) in [6.45, 7) is 9.59. The lowest BCUT2D eigenvalue weighted by Crippen LogP contribution is -2.45. The lowest BCUT2D eigenvalue weighted by Gasteiger charge is -2.32. The summed E-state index contributed by atoms with van der Waals surface area (Å²) >= 11 is 0. The molecule has 0 spiro atoms. The summed E-state index contributed by atoms with van der Waals surface area (Å²) < 4.78 is 5.04. The molecule has 4 aromatic heterocycles. The summed E-state index contributed by atoms with van der Waals surface area (Å²) in [4.78, 5) is 42.1. The number of piperazine rings is 1. The van der Waals surface area contributed by atoms with Crippen LogP contribution >= 0.6 is 0 Å². The van der Waals surface area contributed by atoms with Crippen LogP contribution in [0.25, 0.3) is 22.2 Å². The van der Waals surface area contributed by atoms with E-state index in [4.69, 9.17) is 4.98 Å². The standard InChI is InChI=1S/C36H36N10O2/c1-25-31(34-37-15-8-16-45(34)41-25)35(47)39-26(2)33-40-30-12-7-9-28(32(30)36(48)46(33)29-10-5-4-6-11-29)14-13-27-23-38-44(24-27)22-21-43-19-17-42(3)18-20-43/h4-12,15-16,23-24,26H,17-22H2,1-3H3,(H,39,47). The third-order valence-electron chi connectivity index (χ3n) is 8.69. The van der Waals surface area contributed by atoms with E-state index >= 15 is 0 Å². The van der Waals surface area contributed by atoms with Crippen molar-refractivity contribution in [2.45, 2.75) is 26.4 Å². The number of nitrogens with zero attached hydrogens (tertiary/aromatic N) is 9. The Hall–Kier alpha value is -5.64. The van der Waals surface area contributed by atoms with E-state index in [2.05, 4.69) is 49.2 Å². The minimum Gasteiger partial charge on any atom is -0.342 e. The number of aromatic nitrogens is 7. The maximum atomic E-state index is 14.4. The topological polar surface area (TPSA) is 118 Å². The first-order valence-corrected chi connectivity index (χ1v) is 16.0. The van der Waals surface area contributed by atoms with Crippen LogP contribution in [0.3, 0.4) is 0 Å². The van der Waals surface area contributed by atoms with E-state index in [-0.39, 0.29) is 11.5 Å². The van der Waals surface area contributed by atoms with Crippen LogP contribution in [0.2, 0.25) is 0 Å². The average Bonchev–Trinajstić information content (AvgIpc) is 3.70. The summed E-state index contributed by atoms with van der Waals surface area (Å²) in [6.07, 6.45) is 7.07. The molecule has 0 bridgehead atoms. The molecular weight excluding hydrogens is 604 g/mol. The zero-order chi connectivity index (χ0) is 33.2. The largest absolute Gasteiger partial charge is 0.342 e. The SMILES string of the molecule is Cc1nn2cccnc2c1C(=O)NC(C)c1nc2cccc(C#Cc3cnn(CCN4CCN(C)CC4)c3)c2c(=O)n1-c1ccccc1. The van der Waals surface area contributed by atoms with Gasteiger partial charge in [0.05, 0.1) is 46.6 Å². The molecule has 0 radical (unpaired) electrons. The molecule has 0 aliphatic carbocycles. The lowest BCUT2D eigenvalue weighted by molar-refractivity contribution is 0.0938. The molecule has 1 N–H and O–H groups in total. The number of hydrogen-bond acceptors (Lipinski definition) is 8. The van der Waals surface area contributed by atoms with Gasteiger partial charge in [0, 0.05) is 56.9 Å². The number of hydrogen-bond donors (Lipinski definition) is 1. The first kappa shape index (κ1) is 31.0. The van der Waals surface area contributed by atoms with Crippen LogP contribution in [0, 0.1) is 18.8 Å². The van der Waals surface area contributed by atoms with Crippen molar-refractivity contribution in [2.24, 2.45) is 0 Å². The highest BCUT2D eigenvalue weighted by atomic mass is 16.2. The maximum Gasteiger partial charge on any atom is 0.267 e. The van der Waals surface area contributed by atoms with E-state index in [9.17, 15) is 9.59 Å². The molecule has 242 valence electrons. The normalized spacial score (nSPS) is 14.6. The van der Waals surface area contributed by atoms with E-state index in [0.29, 0.717) is 44.9 Å². The molecule has 12 nitrogen and oxygen atoms in total. The van der Waals surface area contributed by atoms with Gasteiger partial charge in [0.1, 0.15) is 11.4 Å². The number of para-hydroxylation sites is 1. The van der Waals surface area contributed by atoms with Gasteiger partial charge in [0.25, 0.3) is 11.5 Å². The van der Waals surface area contributed by atoms with Crippen LogP contribution in [-0.2, 0) is 6.54 Å². The lowest BCUT2D eigenvalue weighted by atomic mass is 10.1. The van der Waals surface area contributed by atoms with Gasteiger partial charge >= 0.3 is 0 Å². The number of benzene rings is 2. The summed E-state index contributed by atoms with van der Waals surface area (Å²) in [5, 5.41) is 12.4. The third kappa shape index (κ3) is 6.21. The average molecular weight is 641 g/mol. The summed E-state index contributed by atoms with van der Waals surface area (Å²) in [5.74, 6) is 6.45. The van der Waals surface area contributed by atoms with Gasteiger partial charge in [-0.1, -0.05) is 36.1 Å². The fourth-order valence-electron chi connectivity index (χ4n) is 6.07. The molecule has 48 heavy (non-hydrogen) atoms. The van der Waals surface area contributed by atoms with Gasteiger partial charge in [0.2, 0.25) is 0 Å². The molecule has 1 fully saturated rings. The second-order valence-electron chi connectivity index (χ2n) is 12.1. The highest BCUT2D eigenvalue weighted by Gasteiger charge is 2.24. The van der Waals surface area contributed by atoms with E-state index in [0.717, 1.165) is 44.8 Å². The Morgan fingerprint density at radius 2 is 1.81 bits per heavy atom. The number of amides is 1. The number of aryl methyl sites for hydroxylation is 1. The van der Waals surface area contributed by atoms with Gasteiger partial charge in [-0.05, 0) is 51.2 Å². The monoisotopic (exact) mass is 640 g/mol. The Balaban J connectivity index is 1.20. The van der Waals surface area contributed by atoms with Crippen molar-refractivity contribution < 1.29 is 4.79 Å². The van der Waals surface area contributed by atoms with Gasteiger partial charge in [0.15, 0.2) is 5.65 Å². The Morgan fingerprint density at radius 3 is 2.62 bits per heavy atom. The molecule has 7 rings (SSSR count). The molecule has 5 heterocycles. The van der Waals surface area contributed by atoms with Gasteiger partial charge < -0.3 is 10.2 Å². The Labute approximate surface area is 277 Å². The molecule has 2 aromatic carbocycles. The molecular formula is C36H36N10O2. The fourth-order valence-corrected chi connectivity index (χ4v) is 6.07. The van der Waals surface area contributed by atoms with E-state index in [1.165, 1.54) is 0 Å². The van der Waals surface area contributed by atoms with E-state index in [1.54, 1.807) is 46.7 Å². The quantitative estimate of drug-likeness (QED) is 0.265. The van der Waals surface area contributed by atoms with Crippen molar-refractivity contribution in [3.63, 3.8) is 0 Å². The molecule has 1 atom stereocenters. The highest BCUT2D eigenvalue weighted by Crippen LogP contribution is 2.21. The van der Waals surface area contributed by atoms with Gasteiger partial charge in [-0.25, -0.2) is 14.5 Å². The van der Waals surface area contributed by atoms with Gasteiger partial charge in [-0.3, -0.25) is 23.7 Å². The van der Waals surface area contributed by atoms with Crippen LogP contribution in [0.4, 0.5) is 0 Å². The Morgan fingerprint density at radius 1 is 1.00 bits per heavy atom. The third-order valence-corrected chi connectivity index (χ3v) is 8.69. The number of fused-ring (bicyclic) bond motifs is 2. The number of nitrogens with one attached hydrogen (secondary N) is 1. The second kappa shape index (κ2) is 13.2. The first-order chi connectivity index (χ1) is 23.4. The smallest absolute Gasteiger partial charge is 0.267 e. The minimum atomic E-state index is -0.640. The van der Waals surface area contributed by atoms with Crippen molar-refractivity contribution in [1.82, 2.24) is 49.0 Å². The van der Waals surface area contributed by atoms with Gasteiger partial charge in [-0.2, -0.15) is 10.2 Å². The minimum absolute atomic E-state index is 0.274. The predicted molar refractivity (Wildman–Crippen MR) is 183 cm³/mol. The van der Waals surface area contributed by atoms with Crippen molar-refractivity contribution in [2.75, 3.05) is 39.8 Å². The molecule has 1 amide bonds. The number of carbonyl (C=O) groups excluding carboxylic acids is 1. The number of carbonyl (C=O) groups is 1. The Kier molecular flexibility index (Phi) is 8.54. The molecule has 6 aromatic rings. The van der Waals surface area contributed by atoms with Crippen molar-refractivity contribution in [1.29, 1.82) is 0 Å². The first-order valence-electron chi connectivity index (χ1n) is 16.0. The van der Waals surface area contributed by atoms with Crippen molar-refractivity contribution >= 4 is 22.5 Å². The van der Waals surface area contributed by atoms with Crippen LogP contribution in [-0.4, -0.2) is 89.4 Å².